The minimum atomic E-state index is 0.658. The van der Waals surface area contributed by atoms with Crippen LogP contribution in [0.15, 0.2) is 23.3 Å². The third-order valence-corrected chi connectivity index (χ3v) is 2.93. The number of hydrogen-bond acceptors (Lipinski definition) is 0. The first-order valence-electron chi connectivity index (χ1n) is 5.45. The van der Waals surface area contributed by atoms with Gasteiger partial charge in [-0.2, -0.15) is 0 Å². The number of rotatable bonds is 2. The summed E-state index contributed by atoms with van der Waals surface area (Å²) in [5.41, 5.74) is 4.62. The summed E-state index contributed by atoms with van der Waals surface area (Å²) >= 11 is 0. The molecule has 0 aromatic carbocycles. The molecular weight excluding hydrogens is 156 g/mol. The van der Waals surface area contributed by atoms with Gasteiger partial charge >= 0.3 is 0 Å². The van der Waals surface area contributed by atoms with E-state index in [1.54, 1.807) is 11.1 Å². The molecule has 0 N–H and O–H groups in total. The van der Waals surface area contributed by atoms with Crippen LogP contribution >= 0.6 is 0 Å². The summed E-state index contributed by atoms with van der Waals surface area (Å²) in [4.78, 5) is 0. The second-order valence-electron chi connectivity index (χ2n) is 4.71. The Hall–Kier alpha value is -0.520. The fourth-order valence-corrected chi connectivity index (χ4v) is 2.37. The van der Waals surface area contributed by atoms with Crippen molar-refractivity contribution in [2.45, 2.75) is 47.0 Å². The van der Waals surface area contributed by atoms with Gasteiger partial charge in [0.1, 0.15) is 0 Å². The lowest BCUT2D eigenvalue weighted by Gasteiger charge is -2.27. The number of hydrogen-bond donors (Lipinski definition) is 0. The first-order chi connectivity index (χ1) is 6.04. The van der Waals surface area contributed by atoms with Crippen molar-refractivity contribution in [1.29, 1.82) is 0 Å². The lowest BCUT2D eigenvalue weighted by molar-refractivity contribution is 0.605. The highest BCUT2D eigenvalue weighted by atomic mass is 14.2. The largest absolute Gasteiger partial charge is 0.0955 e. The SMILES string of the molecule is C=C1CCCC(C(C)C)=C1C(C)C. The molecule has 0 heterocycles. The number of allylic oxidation sites excluding steroid dienone is 3. The molecule has 0 unspecified atom stereocenters. The Balaban J connectivity index is 3.04. The molecule has 1 rings (SSSR count). The molecule has 0 heteroatoms. The second-order valence-corrected chi connectivity index (χ2v) is 4.71. The van der Waals surface area contributed by atoms with Gasteiger partial charge < -0.3 is 0 Å². The predicted octanol–water partition coefficient (Wildman–Crippen LogP) is 4.34. The third-order valence-electron chi connectivity index (χ3n) is 2.93. The van der Waals surface area contributed by atoms with Crippen molar-refractivity contribution in [3.8, 4) is 0 Å². The van der Waals surface area contributed by atoms with Crippen molar-refractivity contribution in [1.82, 2.24) is 0 Å². The van der Waals surface area contributed by atoms with Crippen LogP contribution in [0.2, 0.25) is 0 Å². The molecule has 0 saturated heterocycles. The van der Waals surface area contributed by atoms with Crippen LogP contribution in [-0.4, -0.2) is 0 Å². The molecule has 0 saturated carbocycles. The Morgan fingerprint density at radius 1 is 1.00 bits per heavy atom. The summed E-state index contributed by atoms with van der Waals surface area (Å²) in [7, 11) is 0. The lowest BCUT2D eigenvalue weighted by atomic mass is 9.78. The maximum Gasteiger partial charge on any atom is -0.0217 e. The molecule has 0 aliphatic heterocycles. The highest BCUT2D eigenvalue weighted by Gasteiger charge is 2.19. The van der Waals surface area contributed by atoms with E-state index in [9.17, 15) is 0 Å². The van der Waals surface area contributed by atoms with Crippen molar-refractivity contribution < 1.29 is 0 Å². The Morgan fingerprint density at radius 2 is 1.62 bits per heavy atom. The van der Waals surface area contributed by atoms with Gasteiger partial charge in [0.25, 0.3) is 0 Å². The van der Waals surface area contributed by atoms with Crippen LogP contribution in [0, 0.1) is 11.8 Å². The molecule has 0 bridgehead atoms. The van der Waals surface area contributed by atoms with Gasteiger partial charge in [-0.25, -0.2) is 0 Å². The predicted molar refractivity (Wildman–Crippen MR) is 59.7 cm³/mol. The fraction of sp³-hybridized carbons (Fsp3) is 0.692. The van der Waals surface area contributed by atoms with Crippen LogP contribution in [0.25, 0.3) is 0 Å². The molecule has 0 aromatic rings. The quantitative estimate of drug-likeness (QED) is 0.590. The van der Waals surface area contributed by atoms with E-state index >= 15 is 0 Å². The van der Waals surface area contributed by atoms with Crippen LogP contribution < -0.4 is 0 Å². The van der Waals surface area contributed by atoms with Crippen molar-refractivity contribution in [2.75, 3.05) is 0 Å². The monoisotopic (exact) mass is 178 g/mol. The van der Waals surface area contributed by atoms with E-state index in [0.717, 1.165) is 0 Å². The van der Waals surface area contributed by atoms with Gasteiger partial charge in [0.2, 0.25) is 0 Å². The zero-order valence-electron chi connectivity index (χ0n) is 9.48. The molecule has 1 aliphatic rings. The topological polar surface area (TPSA) is 0 Å². The minimum absolute atomic E-state index is 0.658. The van der Waals surface area contributed by atoms with Crippen LogP contribution in [0.4, 0.5) is 0 Å². The van der Waals surface area contributed by atoms with Gasteiger partial charge in [-0.05, 0) is 36.7 Å². The molecule has 0 radical (unpaired) electrons. The first-order valence-corrected chi connectivity index (χ1v) is 5.45. The molecule has 74 valence electrons. The zero-order chi connectivity index (χ0) is 10.0. The van der Waals surface area contributed by atoms with Crippen molar-refractivity contribution in [3.63, 3.8) is 0 Å². The molecule has 1 aliphatic carbocycles. The Kier molecular flexibility index (Phi) is 3.35. The van der Waals surface area contributed by atoms with Crippen LogP contribution in [-0.2, 0) is 0 Å². The van der Waals surface area contributed by atoms with Gasteiger partial charge in [0, 0.05) is 0 Å². The van der Waals surface area contributed by atoms with E-state index in [1.807, 2.05) is 0 Å². The van der Waals surface area contributed by atoms with E-state index < -0.39 is 0 Å². The zero-order valence-corrected chi connectivity index (χ0v) is 9.48. The van der Waals surface area contributed by atoms with E-state index in [1.165, 1.54) is 24.8 Å². The summed E-state index contributed by atoms with van der Waals surface area (Å²) in [6.07, 6.45) is 3.82. The van der Waals surface area contributed by atoms with E-state index in [4.69, 9.17) is 0 Å². The van der Waals surface area contributed by atoms with Gasteiger partial charge in [-0.15, -0.1) is 0 Å². The normalized spacial score (nSPS) is 19.1. The highest BCUT2D eigenvalue weighted by molar-refractivity contribution is 5.38. The average molecular weight is 178 g/mol. The summed E-state index contributed by atoms with van der Waals surface area (Å²) in [5, 5.41) is 0. The Labute approximate surface area is 82.7 Å². The molecule has 13 heavy (non-hydrogen) atoms. The van der Waals surface area contributed by atoms with E-state index in [2.05, 4.69) is 34.3 Å². The van der Waals surface area contributed by atoms with E-state index in [0.29, 0.717) is 11.8 Å². The fourth-order valence-electron chi connectivity index (χ4n) is 2.37. The van der Waals surface area contributed by atoms with Crippen molar-refractivity contribution >= 4 is 0 Å². The Morgan fingerprint density at radius 3 is 2.00 bits per heavy atom. The lowest BCUT2D eigenvalue weighted by Crippen LogP contribution is -2.11. The smallest absolute Gasteiger partial charge is 0.0217 e. The maximum atomic E-state index is 4.19. The highest BCUT2D eigenvalue weighted by Crippen LogP contribution is 2.36. The molecule has 0 nitrogen and oxygen atoms in total. The maximum absolute atomic E-state index is 4.19. The van der Waals surface area contributed by atoms with Gasteiger partial charge in [0.15, 0.2) is 0 Å². The van der Waals surface area contributed by atoms with E-state index in [-0.39, 0.29) is 0 Å². The second kappa shape index (κ2) is 4.13. The van der Waals surface area contributed by atoms with Gasteiger partial charge in [0.05, 0.1) is 0 Å². The van der Waals surface area contributed by atoms with Crippen molar-refractivity contribution in [3.05, 3.63) is 23.3 Å². The van der Waals surface area contributed by atoms with Crippen molar-refractivity contribution in [2.24, 2.45) is 11.8 Å². The summed E-state index contributed by atoms with van der Waals surface area (Å²) < 4.78 is 0. The molecular formula is C13H22. The van der Waals surface area contributed by atoms with Gasteiger partial charge in [-0.1, -0.05) is 45.4 Å². The molecule has 0 aromatic heterocycles. The average Bonchev–Trinajstić information content (AvgIpc) is 2.02. The molecule has 0 atom stereocenters. The third kappa shape index (κ3) is 2.24. The van der Waals surface area contributed by atoms with Crippen LogP contribution in [0.5, 0.6) is 0 Å². The standard InChI is InChI=1S/C13H22/c1-9(2)12-8-6-7-11(5)13(12)10(3)4/h9-10H,5-8H2,1-4H3. The van der Waals surface area contributed by atoms with Crippen LogP contribution in [0.3, 0.4) is 0 Å². The molecule has 0 amide bonds. The van der Waals surface area contributed by atoms with Crippen LogP contribution in [0.1, 0.15) is 47.0 Å². The summed E-state index contributed by atoms with van der Waals surface area (Å²) in [6.45, 7) is 13.4. The minimum Gasteiger partial charge on any atom is -0.0955 e. The Bertz CT molecular complexity index is 228. The summed E-state index contributed by atoms with van der Waals surface area (Å²) in [6, 6.07) is 0. The molecule has 0 spiro atoms. The first kappa shape index (κ1) is 10.6. The summed E-state index contributed by atoms with van der Waals surface area (Å²) in [5.74, 6) is 1.36. The van der Waals surface area contributed by atoms with Gasteiger partial charge in [-0.3, -0.25) is 0 Å². The molecule has 0 fully saturated rings.